The van der Waals surface area contributed by atoms with Crippen LogP contribution in [0.1, 0.15) is 0 Å². The van der Waals surface area contributed by atoms with Crippen LogP contribution < -0.4 is 0 Å². The molecule has 0 radical (unpaired) electrons. The van der Waals surface area contributed by atoms with Crippen LogP contribution in [0, 0.1) is 23.7 Å². The zero-order valence-electron chi connectivity index (χ0n) is 4.49. The lowest BCUT2D eigenvalue weighted by Crippen LogP contribution is -2.19. The summed E-state index contributed by atoms with van der Waals surface area (Å²) in [7, 11) is 0. The molecule has 2 fully saturated rings. The summed E-state index contributed by atoms with van der Waals surface area (Å²) in [4.78, 5) is 0. The zero-order chi connectivity index (χ0) is 5.30. The Labute approximate surface area is 48.0 Å². The van der Waals surface area contributed by atoms with E-state index in [1.807, 2.05) is 6.08 Å². The summed E-state index contributed by atoms with van der Waals surface area (Å²) in [5.41, 5.74) is 0. The van der Waals surface area contributed by atoms with E-state index in [1.54, 1.807) is 0 Å². The van der Waals surface area contributed by atoms with Gasteiger partial charge in [0.05, 0.1) is 6.10 Å². The van der Waals surface area contributed by atoms with Crippen molar-refractivity contribution in [2.45, 2.75) is 6.10 Å². The highest BCUT2D eigenvalue weighted by Gasteiger charge is 2.75. The molecular formula is C7H8O. The van der Waals surface area contributed by atoms with Crippen LogP contribution in [0.15, 0.2) is 12.2 Å². The Kier molecular flexibility index (Phi) is 0.358. The SMILES string of the molecule is O[C@@H]1C=CC2[C@@H]3C1[C@H]23. The van der Waals surface area contributed by atoms with Gasteiger partial charge in [-0.2, -0.15) is 0 Å². The molecule has 42 valence electrons. The number of allylic oxidation sites excluding steroid dienone is 1. The summed E-state index contributed by atoms with van der Waals surface area (Å²) >= 11 is 0. The van der Waals surface area contributed by atoms with Crippen LogP contribution >= 0.6 is 0 Å². The van der Waals surface area contributed by atoms with E-state index in [0.29, 0.717) is 5.92 Å². The van der Waals surface area contributed by atoms with Crippen LogP contribution in [0.3, 0.4) is 0 Å². The fourth-order valence-corrected chi connectivity index (χ4v) is 2.22. The molecule has 0 heterocycles. The minimum atomic E-state index is -0.0741. The molecule has 4 rings (SSSR count). The Morgan fingerprint density at radius 2 is 1.75 bits per heavy atom. The Hall–Kier alpha value is -0.300. The molecule has 2 bridgehead atoms. The van der Waals surface area contributed by atoms with Crippen molar-refractivity contribution >= 4 is 0 Å². The Morgan fingerprint density at radius 3 is 2.12 bits per heavy atom. The van der Waals surface area contributed by atoms with E-state index in [0.717, 1.165) is 17.8 Å². The van der Waals surface area contributed by atoms with Gasteiger partial charge in [-0.15, -0.1) is 0 Å². The fourth-order valence-electron chi connectivity index (χ4n) is 2.22. The van der Waals surface area contributed by atoms with Crippen molar-refractivity contribution in [3.05, 3.63) is 12.2 Å². The van der Waals surface area contributed by atoms with Crippen LogP contribution in [0.2, 0.25) is 0 Å². The molecule has 0 spiro atoms. The zero-order valence-corrected chi connectivity index (χ0v) is 4.49. The summed E-state index contributed by atoms with van der Waals surface area (Å²) in [5.74, 6) is 3.46. The number of aliphatic hydroxyl groups is 1. The van der Waals surface area contributed by atoms with Gasteiger partial charge in [-0.25, -0.2) is 0 Å². The monoisotopic (exact) mass is 108 g/mol. The maximum Gasteiger partial charge on any atom is 0.0755 e. The smallest absolute Gasteiger partial charge is 0.0755 e. The molecule has 5 atom stereocenters. The third kappa shape index (κ3) is 0.206. The van der Waals surface area contributed by atoms with Crippen LogP contribution in [0.5, 0.6) is 0 Å². The maximum atomic E-state index is 9.15. The average molecular weight is 108 g/mol. The predicted octanol–water partition coefficient (Wildman–Crippen LogP) is 0.409. The average Bonchev–Trinajstić information content (AvgIpc) is 2.48. The highest BCUT2D eigenvalue weighted by molar-refractivity contribution is 5.33. The van der Waals surface area contributed by atoms with Gasteiger partial charge in [0.2, 0.25) is 0 Å². The lowest BCUT2D eigenvalue weighted by Gasteiger charge is -2.17. The normalized spacial score (nSPS) is 71.9. The first-order chi connectivity index (χ1) is 3.89. The van der Waals surface area contributed by atoms with E-state index in [2.05, 4.69) is 6.08 Å². The lowest BCUT2D eigenvalue weighted by molar-refractivity contribution is 0.157. The van der Waals surface area contributed by atoms with Gasteiger partial charge in [-0.1, -0.05) is 12.2 Å². The van der Waals surface area contributed by atoms with Gasteiger partial charge < -0.3 is 5.11 Å². The van der Waals surface area contributed by atoms with E-state index in [9.17, 15) is 0 Å². The Bertz CT molecular complexity index is 163. The molecule has 0 aliphatic heterocycles. The van der Waals surface area contributed by atoms with Gasteiger partial charge in [-0.05, 0) is 23.7 Å². The number of hydrogen-bond acceptors (Lipinski definition) is 1. The molecule has 4 aliphatic carbocycles. The molecule has 2 saturated carbocycles. The molecule has 0 amide bonds. The maximum absolute atomic E-state index is 9.15. The quantitative estimate of drug-likeness (QED) is 0.445. The standard InChI is InChI=1S/C7H8O/c8-4-2-1-3-5-6(3)7(4)5/h1-8H/t3?,4-,5-,6+,7?/m1/s1. The molecule has 1 heteroatoms. The second-order valence-corrected chi connectivity index (χ2v) is 3.18. The summed E-state index contributed by atoms with van der Waals surface area (Å²) in [6, 6.07) is 0. The molecular weight excluding hydrogens is 100 g/mol. The first-order valence-corrected chi connectivity index (χ1v) is 3.26. The minimum Gasteiger partial charge on any atom is -0.389 e. The molecule has 0 aromatic carbocycles. The summed E-state index contributed by atoms with van der Waals surface area (Å²) in [6.45, 7) is 0. The van der Waals surface area contributed by atoms with Gasteiger partial charge in [0.1, 0.15) is 0 Å². The van der Waals surface area contributed by atoms with Crippen LogP contribution in [-0.4, -0.2) is 11.2 Å². The van der Waals surface area contributed by atoms with Crippen molar-refractivity contribution in [3.63, 3.8) is 0 Å². The topological polar surface area (TPSA) is 20.2 Å². The van der Waals surface area contributed by atoms with E-state index in [1.165, 1.54) is 0 Å². The number of fused-ring (bicyclic) bond motifs is 1. The minimum absolute atomic E-state index is 0.0741. The van der Waals surface area contributed by atoms with E-state index < -0.39 is 0 Å². The van der Waals surface area contributed by atoms with Crippen LogP contribution in [0.4, 0.5) is 0 Å². The van der Waals surface area contributed by atoms with E-state index in [-0.39, 0.29) is 6.10 Å². The van der Waals surface area contributed by atoms with Gasteiger partial charge in [0.25, 0.3) is 0 Å². The molecule has 1 N–H and O–H groups in total. The van der Waals surface area contributed by atoms with Crippen molar-refractivity contribution in [3.8, 4) is 0 Å². The second-order valence-electron chi connectivity index (χ2n) is 3.18. The molecule has 0 saturated heterocycles. The van der Waals surface area contributed by atoms with Gasteiger partial charge in [-0.3, -0.25) is 0 Å². The van der Waals surface area contributed by atoms with E-state index >= 15 is 0 Å². The summed E-state index contributed by atoms with van der Waals surface area (Å²) in [5, 5.41) is 9.15. The number of hydrogen-bond donors (Lipinski definition) is 1. The third-order valence-corrected chi connectivity index (χ3v) is 2.87. The van der Waals surface area contributed by atoms with E-state index in [4.69, 9.17) is 5.11 Å². The first kappa shape index (κ1) is 3.67. The summed E-state index contributed by atoms with van der Waals surface area (Å²) < 4.78 is 0. The van der Waals surface area contributed by atoms with Crippen LogP contribution in [0.25, 0.3) is 0 Å². The fraction of sp³-hybridized carbons (Fsp3) is 0.714. The van der Waals surface area contributed by atoms with Crippen molar-refractivity contribution in [2.75, 3.05) is 0 Å². The van der Waals surface area contributed by atoms with Gasteiger partial charge >= 0.3 is 0 Å². The molecule has 8 heavy (non-hydrogen) atoms. The molecule has 2 unspecified atom stereocenters. The largest absolute Gasteiger partial charge is 0.389 e. The molecule has 1 nitrogen and oxygen atoms in total. The van der Waals surface area contributed by atoms with Crippen molar-refractivity contribution in [2.24, 2.45) is 23.7 Å². The first-order valence-electron chi connectivity index (χ1n) is 3.26. The van der Waals surface area contributed by atoms with Crippen molar-refractivity contribution < 1.29 is 5.11 Å². The number of rotatable bonds is 0. The second kappa shape index (κ2) is 0.781. The Morgan fingerprint density at radius 1 is 1.00 bits per heavy atom. The lowest BCUT2D eigenvalue weighted by atomic mass is 9.93. The van der Waals surface area contributed by atoms with Gasteiger partial charge in [0.15, 0.2) is 0 Å². The highest BCUT2D eigenvalue weighted by Crippen LogP contribution is 2.76. The molecule has 0 aromatic heterocycles. The Balaban J connectivity index is 2.05. The number of aliphatic hydroxyl groups excluding tert-OH is 1. The molecule has 0 aromatic rings. The predicted molar refractivity (Wildman–Crippen MR) is 29.1 cm³/mol. The van der Waals surface area contributed by atoms with Crippen molar-refractivity contribution in [1.82, 2.24) is 0 Å². The summed E-state index contributed by atoms with van der Waals surface area (Å²) in [6.07, 6.45) is 4.06. The van der Waals surface area contributed by atoms with Crippen LogP contribution in [-0.2, 0) is 0 Å². The third-order valence-electron chi connectivity index (χ3n) is 2.87. The van der Waals surface area contributed by atoms with Crippen molar-refractivity contribution in [1.29, 1.82) is 0 Å². The molecule has 4 aliphatic rings. The van der Waals surface area contributed by atoms with Gasteiger partial charge in [0, 0.05) is 0 Å². The highest BCUT2D eigenvalue weighted by atomic mass is 16.3.